The summed E-state index contributed by atoms with van der Waals surface area (Å²) in [5.41, 5.74) is 2.42. The number of aromatic nitrogens is 1. The van der Waals surface area contributed by atoms with Crippen molar-refractivity contribution < 1.29 is 14.3 Å². The number of nitrogens with one attached hydrogen (secondary N) is 2. The van der Waals surface area contributed by atoms with Gasteiger partial charge in [0.2, 0.25) is 0 Å². The number of allylic oxidation sites excluding steroid dienone is 1. The molecule has 2 rings (SSSR count). The van der Waals surface area contributed by atoms with Crippen molar-refractivity contribution in [2.45, 2.75) is 39.0 Å². The first-order chi connectivity index (χ1) is 11.1. The number of aryl methyl sites for hydroxylation is 1. The van der Waals surface area contributed by atoms with Gasteiger partial charge in [0, 0.05) is 13.6 Å². The minimum atomic E-state index is -0.522. The average molecular weight is 337 g/mol. The van der Waals surface area contributed by atoms with Crippen molar-refractivity contribution in [3.8, 4) is 0 Å². The third-order valence-electron chi connectivity index (χ3n) is 3.78. The lowest BCUT2D eigenvalue weighted by Gasteiger charge is -2.13. The van der Waals surface area contributed by atoms with Crippen LogP contribution in [0.25, 0.3) is 0 Å². The number of anilines is 1. The number of amides is 1. The molecule has 6 nitrogen and oxygen atoms in total. The Hall–Kier alpha value is -1.89. The molecule has 0 bridgehead atoms. The van der Waals surface area contributed by atoms with E-state index >= 15 is 0 Å². The van der Waals surface area contributed by atoms with E-state index in [4.69, 9.17) is 4.74 Å². The Kier molecular flexibility index (Phi) is 6.58. The number of ether oxygens (including phenoxy) is 1. The fourth-order valence-corrected chi connectivity index (χ4v) is 3.26. The summed E-state index contributed by atoms with van der Waals surface area (Å²) in [7, 11) is 1.72. The topological polar surface area (TPSA) is 80.3 Å². The van der Waals surface area contributed by atoms with Crippen molar-refractivity contribution >= 4 is 28.4 Å². The minimum Gasteiger partial charge on any atom is -0.452 e. The third kappa shape index (κ3) is 5.06. The van der Waals surface area contributed by atoms with E-state index in [0.717, 1.165) is 19.3 Å². The first-order valence-corrected chi connectivity index (χ1v) is 8.65. The molecule has 0 aromatic carbocycles. The molecule has 126 valence electrons. The van der Waals surface area contributed by atoms with E-state index in [9.17, 15) is 9.59 Å². The zero-order valence-corrected chi connectivity index (χ0v) is 14.4. The molecule has 1 amide bonds. The van der Waals surface area contributed by atoms with Crippen LogP contribution in [0.5, 0.6) is 0 Å². The predicted octanol–water partition coefficient (Wildman–Crippen LogP) is 2.66. The number of carbonyl (C=O) groups is 2. The van der Waals surface area contributed by atoms with E-state index < -0.39 is 5.97 Å². The Labute approximate surface area is 140 Å². The standard InChI is InChI=1S/C16H23N3O3S/c1-11-14(15(17-2)23-19-11)16(21)22-10-13(20)18-9-8-12-6-4-3-5-7-12/h6,17H,3-5,7-10H2,1-2H3,(H,18,20). The summed E-state index contributed by atoms with van der Waals surface area (Å²) >= 11 is 1.20. The van der Waals surface area contributed by atoms with Gasteiger partial charge in [-0.25, -0.2) is 4.79 Å². The third-order valence-corrected chi connectivity index (χ3v) is 4.74. The average Bonchev–Trinajstić information content (AvgIpc) is 2.94. The van der Waals surface area contributed by atoms with E-state index in [-0.39, 0.29) is 12.5 Å². The Morgan fingerprint density at radius 1 is 1.39 bits per heavy atom. The second-order valence-electron chi connectivity index (χ2n) is 5.51. The molecule has 0 aliphatic heterocycles. The molecule has 23 heavy (non-hydrogen) atoms. The van der Waals surface area contributed by atoms with E-state index in [2.05, 4.69) is 21.1 Å². The smallest absolute Gasteiger partial charge is 0.343 e. The quantitative estimate of drug-likeness (QED) is 0.590. The fraction of sp³-hybridized carbons (Fsp3) is 0.562. The van der Waals surface area contributed by atoms with Gasteiger partial charge in [0.1, 0.15) is 10.6 Å². The molecule has 0 spiro atoms. The van der Waals surface area contributed by atoms with Crippen LogP contribution in [0, 0.1) is 6.92 Å². The molecule has 1 aliphatic carbocycles. The van der Waals surface area contributed by atoms with Gasteiger partial charge in [-0.05, 0) is 50.6 Å². The van der Waals surface area contributed by atoms with Gasteiger partial charge in [-0.15, -0.1) is 0 Å². The number of hydrogen-bond donors (Lipinski definition) is 2. The van der Waals surface area contributed by atoms with Gasteiger partial charge >= 0.3 is 5.97 Å². The Bertz CT molecular complexity index is 595. The first kappa shape index (κ1) is 17.5. The van der Waals surface area contributed by atoms with Crippen LogP contribution in [-0.4, -0.2) is 36.4 Å². The Balaban J connectivity index is 1.72. The Morgan fingerprint density at radius 3 is 2.91 bits per heavy atom. The van der Waals surface area contributed by atoms with Gasteiger partial charge in [0.15, 0.2) is 6.61 Å². The van der Waals surface area contributed by atoms with Crippen LogP contribution < -0.4 is 10.6 Å². The molecule has 0 saturated heterocycles. The van der Waals surface area contributed by atoms with Crippen molar-refractivity contribution in [1.29, 1.82) is 0 Å². The number of nitrogens with zero attached hydrogens (tertiary/aromatic N) is 1. The molecular formula is C16H23N3O3S. The van der Waals surface area contributed by atoms with Crippen molar-refractivity contribution in [2.24, 2.45) is 0 Å². The zero-order chi connectivity index (χ0) is 16.7. The molecule has 7 heteroatoms. The monoisotopic (exact) mass is 337 g/mol. The second-order valence-corrected chi connectivity index (χ2v) is 6.28. The summed E-state index contributed by atoms with van der Waals surface area (Å²) in [6.45, 7) is 2.06. The van der Waals surface area contributed by atoms with Crippen LogP contribution in [0.15, 0.2) is 11.6 Å². The summed E-state index contributed by atoms with van der Waals surface area (Å²) in [6.07, 6.45) is 7.90. The highest BCUT2D eigenvalue weighted by molar-refractivity contribution is 7.10. The van der Waals surface area contributed by atoms with Crippen molar-refractivity contribution in [3.05, 3.63) is 22.9 Å². The second kappa shape index (κ2) is 8.67. The summed E-state index contributed by atoms with van der Waals surface area (Å²) < 4.78 is 9.18. The minimum absolute atomic E-state index is 0.268. The van der Waals surface area contributed by atoms with Gasteiger partial charge in [0.05, 0.1) is 5.69 Å². The molecule has 0 saturated carbocycles. The molecule has 0 fully saturated rings. The van der Waals surface area contributed by atoms with Gasteiger partial charge in [-0.2, -0.15) is 4.37 Å². The van der Waals surface area contributed by atoms with Crippen LogP contribution >= 0.6 is 11.5 Å². The summed E-state index contributed by atoms with van der Waals surface area (Å²) in [5, 5.41) is 6.34. The first-order valence-electron chi connectivity index (χ1n) is 7.87. The SMILES string of the molecule is CNc1snc(C)c1C(=O)OCC(=O)NCCC1=CCCCC1. The fourth-order valence-electron chi connectivity index (χ4n) is 2.53. The number of carbonyl (C=O) groups excluding carboxylic acids is 2. The van der Waals surface area contributed by atoms with Crippen molar-refractivity contribution in [3.63, 3.8) is 0 Å². The number of rotatable bonds is 7. The lowest BCUT2D eigenvalue weighted by Crippen LogP contribution is -2.30. The van der Waals surface area contributed by atoms with Gasteiger partial charge in [0.25, 0.3) is 5.91 Å². The van der Waals surface area contributed by atoms with Crippen LogP contribution in [0.1, 0.15) is 48.2 Å². The van der Waals surface area contributed by atoms with Crippen LogP contribution in [0.3, 0.4) is 0 Å². The van der Waals surface area contributed by atoms with Gasteiger partial charge in [-0.3, -0.25) is 4.79 Å². The maximum atomic E-state index is 12.0. The maximum absolute atomic E-state index is 12.0. The molecule has 0 radical (unpaired) electrons. The molecule has 0 atom stereocenters. The van der Waals surface area contributed by atoms with E-state index in [1.54, 1.807) is 14.0 Å². The van der Waals surface area contributed by atoms with E-state index in [1.165, 1.54) is 29.9 Å². The van der Waals surface area contributed by atoms with Crippen LogP contribution in [0.2, 0.25) is 0 Å². The van der Waals surface area contributed by atoms with Crippen LogP contribution in [0.4, 0.5) is 5.00 Å². The van der Waals surface area contributed by atoms with Gasteiger partial charge < -0.3 is 15.4 Å². The number of esters is 1. The summed E-state index contributed by atoms with van der Waals surface area (Å²) in [4.78, 5) is 23.8. The van der Waals surface area contributed by atoms with Crippen molar-refractivity contribution in [1.82, 2.24) is 9.69 Å². The maximum Gasteiger partial charge on any atom is 0.343 e. The van der Waals surface area contributed by atoms with Crippen LogP contribution in [-0.2, 0) is 9.53 Å². The molecule has 2 N–H and O–H groups in total. The summed E-state index contributed by atoms with van der Waals surface area (Å²) in [5.74, 6) is -0.799. The molecule has 1 aromatic heterocycles. The number of hydrogen-bond acceptors (Lipinski definition) is 6. The highest BCUT2D eigenvalue weighted by atomic mass is 32.1. The highest BCUT2D eigenvalue weighted by Crippen LogP contribution is 2.24. The molecule has 1 aromatic rings. The predicted molar refractivity (Wildman–Crippen MR) is 90.9 cm³/mol. The molecular weight excluding hydrogens is 314 g/mol. The zero-order valence-electron chi connectivity index (χ0n) is 13.6. The van der Waals surface area contributed by atoms with Gasteiger partial charge in [-0.1, -0.05) is 11.6 Å². The molecule has 1 aliphatic rings. The Morgan fingerprint density at radius 2 is 2.22 bits per heavy atom. The van der Waals surface area contributed by atoms with E-state index in [0.29, 0.717) is 22.8 Å². The lowest BCUT2D eigenvalue weighted by molar-refractivity contribution is -0.124. The van der Waals surface area contributed by atoms with E-state index in [1.807, 2.05) is 0 Å². The largest absolute Gasteiger partial charge is 0.452 e. The highest BCUT2D eigenvalue weighted by Gasteiger charge is 2.20. The molecule has 0 unspecified atom stereocenters. The lowest BCUT2D eigenvalue weighted by atomic mass is 9.97. The summed E-state index contributed by atoms with van der Waals surface area (Å²) in [6, 6.07) is 0. The molecule has 1 heterocycles. The normalized spacial score (nSPS) is 14.1. The van der Waals surface area contributed by atoms with Crippen molar-refractivity contribution in [2.75, 3.05) is 25.5 Å².